The Morgan fingerprint density at radius 1 is 1.17 bits per heavy atom. The molecule has 0 radical (unpaired) electrons. The van der Waals surface area contributed by atoms with E-state index < -0.39 is 11.6 Å². The van der Waals surface area contributed by atoms with E-state index in [0.717, 1.165) is 37.2 Å². The van der Waals surface area contributed by atoms with Gasteiger partial charge in [-0.05, 0) is 57.1 Å². The molecule has 2 saturated heterocycles. The van der Waals surface area contributed by atoms with Gasteiger partial charge in [-0.3, -0.25) is 25.3 Å². The molecule has 4 rings (SSSR count). The van der Waals surface area contributed by atoms with Crippen LogP contribution in [-0.4, -0.2) is 84.3 Å². The summed E-state index contributed by atoms with van der Waals surface area (Å²) in [5.74, 6) is 2.92. The number of fused-ring (bicyclic) bond motifs is 2. The number of nitrogens with zero attached hydrogens (tertiary/aromatic N) is 2. The summed E-state index contributed by atoms with van der Waals surface area (Å²) in [5, 5.41) is 20.6. The third kappa shape index (κ3) is 9.46. The van der Waals surface area contributed by atoms with E-state index in [1.807, 2.05) is 53.7 Å². The first-order valence-electron chi connectivity index (χ1n) is 17.6. The van der Waals surface area contributed by atoms with E-state index in [1.54, 1.807) is 20.2 Å². The molecule has 0 bridgehead atoms. The third-order valence-electron chi connectivity index (χ3n) is 10.2. The Labute approximate surface area is 278 Å². The molecule has 7 N–H and O–H groups in total. The minimum atomic E-state index is -0.701. The lowest BCUT2D eigenvalue weighted by atomic mass is 9.65. The van der Waals surface area contributed by atoms with Crippen molar-refractivity contribution in [3.8, 4) is 0 Å². The number of hydrogen-bond acceptors (Lipinski definition) is 6. The summed E-state index contributed by atoms with van der Waals surface area (Å²) >= 11 is 0. The molecule has 2 aliphatic carbocycles. The Kier molecular flexibility index (Phi) is 16.0. The number of aliphatic hydroxyl groups is 1. The van der Waals surface area contributed by atoms with Crippen LogP contribution in [0.15, 0.2) is 41.2 Å². The Morgan fingerprint density at radius 3 is 2.48 bits per heavy atom. The van der Waals surface area contributed by atoms with Crippen LogP contribution in [0, 0.1) is 17.8 Å². The summed E-state index contributed by atoms with van der Waals surface area (Å²) < 4.78 is 0. The van der Waals surface area contributed by atoms with Crippen LogP contribution in [0.5, 0.6) is 0 Å². The fourth-order valence-electron chi connectivity index (χ4n) is 7.46. The minimum Gasteiger partial charge on any atom is -0.388 e. The molecular weight excluding hydrogens is 578 g/mol. The normalized spacial score (nSPS) is 31.4. The number of carbonyl (C=O) groups is 2. The van der Waals surface area contributed by atoms with E-state index in [0.29, 0.717) is 36.3 Å². The maximum atomic E-state index is 13.3. The molecule has 4 aliphatic rings. The molecule has 10 heteroatoms. The summed E-state index contributed by atoms with van der Waals surface area (Å²) in [4.78, 5) is 34.1. The first kappa shape index (κ1) is 39.0. The van der Waals surface area contributed by atoms with Crippen molar-refractivity contribution in [2.24, 2.45) is 28.5 Å². The monoisotopic (exact) mass is 643 g/mol. The van der Waals surface area contributed by atoms with E-state index in [1.165, 1.54) is 32.1 Å². The molecule has 0 spiro atoms. The second-order valence-corrected chi connectivity index (χ2v) is 12.9. The van der Waals surface area contributed by atoms with Crippen molar-refractivity contribution >= 4 is 23.4 Å². The SMILES string of the molecule is C=C1NCC([NH+]=C(N)CC)[C@@]2(C)C(O)[C@H](NC(=O)C3CCCC4CCCCC43)CN12.CC.CC/C=C(/C=C\C(C)=NC)C(=O)NC. The standard InChI is InChI=1S/C23H39N5O2.C11H18N2O.C2H6/c1-4-20(24)27-19-12-25-14(2)28-13-18(21(29)23(19,28)3)26-22(30)17-11-7-9-15-8-5-6-10-16(15)17;1-5-6-10(11(14)13-4)8-7-9(2)12-3;1-2/h15-19,21,25,29H,2,4-13H2,1,3H3,(H2,24,27)(H,26,30);6-8H,5H2,1-4H3,(H,13,14);1-2H3/p+1/b;8-7-,10-6-,12-9?;/t15?,16?,17?,18-,19?,21?,23+;;/m1../s1. The molecule has 7 atom stereocenters. The number of hydrogen-bond donors (Lipinski definition) is 6. The van der Waals surface area contributed by atoms with Gasteiger partial charge in [0, 0.05) is 44.3 Å². The number of carbonyl (C=O) groups excluding carboxylic acids is 2. The van der Waals surface area contributed by atoms with Crippen LogP contribution in [0.4, 0.5) is 0 Å². The lowest BCUT2D eigenvalue weighted by molar-refractivity contribution is -0.525. The number of aliphatic hydroxyl groups excluding tert-OH is 1. The molecule has 2 saturated carbocycles. The van der Waals surface area contributed by atoms with Crippen LogP contribution in [0.25, 0.3) is 0 Å². The Morgan fingerprint density at radius 2 is 1.85 bits per heavy atom. The molecule has 10 nitrogen and oxygen atoms in total. The van der Waals surface area contributed by atoms with E-state index in [-0.39, 0.29) is 29.8 Å². The van der Waals surface area contributed by atoms with Crippen molar-refractivity contribution < 1.29 is 19.7 Å². The van der Waals surface area contributed by atoms with Gasteiger partial charge in [0.05, 0.1) is 18.4 Å². The molecule has 4 fully saturated rings. The van der Waals surface area contributed by atoms with Crippen LogP contribution >= 0.6 is 0 Å². The highest BCUT2D eigenvalue weighted by molar-refractivity contribution is 5.99. The first-order chi connectivity index (χ1) is 22.0. The van der Waals surface area contributed by atoms with Crippen molar-refractivity contribution in [1.29, 1.82) is 0 Å². The molecule has 2 aliphatic heterocycles. The quantitative estimate of drug-likeness (QED) is 0.104. The molecule has 0 aromatic heterocycles. The average Bonchev–Trinajstić information content (AvgIpc) is 3.34. The predicted octanol–water partition coefficient (Wildman–Crippen LogP) is 2.55. The van der Waals surface area contributed by atoms with Gasteiger partial charge in [-0.1, -0.05) is 72.5 Å². The number of allylic oxidation sites excluding steroid dienone is 2. The van der Waals surface area contributed by atoms with Gasteiger partial charge in [-0.25, -0.2) is 0 Å². The number of nitrogens with one attached hydrogen (secondary N) is 4. The summed E-state index contributed by atoms with van der Waals surface area (Å²) in [6.45, 7) is 17.3. The topological polar surface area (TPSA) is 146 Å². The van der Waals surface area contributed by atoms with Gasteiger partial charge in [0.25, 0.3) is 5.91 Å². The molecule has 0 aromatic rings. The summed E-state index contributed by atoms with van der Waals surface area (Å²) in [5.41, 5.74) is 7.08. The lowest BCUT2D eigenvalue weighted by Gasteiger charge is -2.46. The van der Waals surface area contributed by atoms with Crippen molar-refractivity contribution in [2.45, 2.75) is 123 Å². The van der Waals surface area contributed by atoms with Crippen LogP contribution in [-0.2, 0) is 9.59 Å². The fourth-order valence-corrected chi connectivity index (χ4v) is 7.46. The van der Waals surface area contributed by atoms with Crippen LogP contribution in [0.1, 0.15) is 99.3 Å². The van der Waals surface area contributed by atoms with Gasteiger partial charge in [-0.15, -0.1) is 0 Å². The molecule has 5 unspecified atom stereocenters. The summed E-state index contributed by atoms with van der Waals surface area (Å²) in [6.07, 6.45) is 14.8. The first-order valence-corrected chi connectivity index (χ1v) is 17.6. The highest BCUT2D eigenvalue weighted by atomic mass is 16.3. The highest BCUT2D eigenvalue weighted by Crippen LogP contribution is 2.44. The zero-order valence-corrected chi connectivity index (χ0v) is 29.9. The van der Waals surface area contributed by atoms with Gasteiger partial charge in [-0.2, -0.15) is 0 Å². The van der Waals surface area contributed by atoms with Gasteiger partial charge < -0.3 is 26.0 Å². The molecule has 46 heavy (non-hydrogen) atoms. The average molecular weight is 643 g/mol. The summed E-state index contributed by atoms with van der Waals surface area (Å²) in [6, 6.07) is -0.382. The van der Waals surface area contributed by atoms with Gasteiger partial charge >= 0.3 is 0 Å². The second kappa shape index (κ2) is 18.9. The molecular formula is C36H64N7O3+. The number of nitrogens with two attached hydrogens (primary N) is 1. The van der Waals surface area contributed by atoms with Crippen LogP contribution in [0.2, 0.25) is 0 Å². The van der Waals surface area contributed by atoms with Crippen molar-refractivity contribution in [3.63, 3.8) is 0 Å². The Balaban J connectivity index is 0.000000390. The molecule has 2 heterocycles. The maximum Gasteiger partial charge on any atom is 0.250 e. The zero-order valence-electron chi connectivity index (χ0n) is 29.9. The predicted molar refractivity (Wildman–Crippen MR) is 189 cm³/mol. The van der Waals surface area contributed by atoms with Crippen molar-refractivity contribution in [1.82, 2.24) is 20.9 Å². The van der Waals surface area contributed by atoms with Crippen LogP contribution < -0.4 is 26.7 Å². The van der Waals surface area contributed by atoms with E-state index >= 15 is 0 Å². The number of amidine groups is 1. The van der Waals surface area contributed by atoms with E-state index in [9.17, 15) is 14.7 Å². The maximum absolute atomic E-state index is 13.3. The van der Waals surface area contributed by atoms with Crippen molar-refractivity contribution in [2.75, 3.05) is 27.2 Å². The largest absolute Gasteiger partial charge is 0.388 e. The Bertz CT molecular complexity index is 1140. The Hall–Kier alpha value is -3.14. The van der Waals surface area contributed by atoms with E-state index in [4.69, 9.17) is 5.73 Å². The van der Waals surface area contributed by atoms with Crippen molar-refractivity contribution in [3.05, 3.63) is 36.2 Å². The minimum absolute atomic E-state index is 0.0630. The van der Waals surface area contributed by atoms with Gasteiger partial charge in [0.15, 0.2) is 0 Å². The lowest BCUT2D eigenvalue weighted by Crippen LogP contribution is -2.92. The summed E-state index contributed by atoms with van der Waals surface area (Å²) in [7, 11) is 3.35. The molecule has 0 aromatic carbocycles. The molecule has 2 amide bonds. The third-order valence-corrected chi connectivity index (χ3v) is 10.2. The number of aliphatic imine (C=N–C) groups is 1. The zero-order chi connectivity index (χ0) is 34.4. The smallest absolute Gasteiger partial charge is 0.250 e. The number of likely N-dealkylation sites (N-methyl/N-ethyl adjacent to an activating group) is 1. The van der Waals surface area contributed by atoms with Gasteiger partial charge in [0.1, 0.15) is 17.7 Å². The molecule has 260 valence electrons. The van der Waals surface area contributed by atoms with Gasteiger partial charge in [0.2, 0.25) is 11.7 Å². The van der Waals surface area contributed by atoms with Crippen LogP contribution in [0.3, 0.4) is 0 Å². The number of amides is 2. The number of rotatable bonds is 8. The fraction of sp³-hybridized carbons (Fsp3) is 0.722. The second-order valence-electron chi connectivity index (χ2n) is 12.9. The highest BCUT2D eigenvalue weighted by Gasteiger charge is 2.58. The van der Waals surface area contributed by atoms with E-state index in [2.05, 4.69) is 37.4 Å².